The third-order valence-electron chi connectivity index (χ3n) is 1.88. The number of halogens is 1. The van der Waals surface area contributed by atoms with Crippen molar-refractivity contribution >= 4 is 16.9 Å². The van der Waals surface area contributed by atoms with Crippen LogP contribution < -0.4 is 0 Å². The molecule has 1 aromatic carbocycles. The number of nitrogens with zero attached hydrogens (tertiary/aromatic N) is 1. The second-order valence-electron chi connectivity index (χ2n) is 3.17. The molecule has 0 heterocycles. The zero-order valence-electron chi connectivity index (χ0n) is 9.29. The van der Waals surface area contributed by atoms with Gasteiger partial charge in [-0.25, -0.2) is 4.39 Å². The van der Waals surface area contributed by atoms with E-state index in [-0.39, 0.29) is 10.7 Å². The Morgan fingerprint density at radius 1 is 1.53 bits per heavy atom. The lowest BCUT2D eigenvalue weighted by molar-refractivity contribution is -0.109. The van der Waals surface area contributed by atoms with Crippen molar-refractivity contribution in [2.75, 3.05) is 5.75 Å². The maximum atomic E-state index is 13.2. The molecule has 0 radical (unpaired) electrons. The standard InChI is InChI=1S/C13H10FNOS/c1-10(16)17-8-3-2-5-11-6-4-7-13(14)12(11)9-15/h4,6-7H,3,8H2,1H3. The highest BCUT2D eigenvalue weighted by molar-refractivity contribution is 8.13. The Morgan fingerprint density at radius 3 is 2.94 bits per heavy atom. The van der Waals surface area contributed by atoms with Gasteiger partial charge in [-0.15, -0.1) is 0 Å². The van der Waals surface area contributed by atoms with Crippen molar-refractivity contribution < 1.29 is 9.18 Å². The molecule has 0 saturated carbocycles. The normalized spacial score (nSPS) is 9.00. The summed E-state index contributed by atoms with van der Waals surface area (Å²) in [7, 11) is 0. The van der Waals surface area contributed by atoms with Gasteiger partial charge in [0.15, 0.2) is 5.12 Å². The van der Waals surface area contributed by atoms with Crippen LogP contribution in [0.1, 0.15) is 24.5 Å². The van der Waals surface area contributed by atoms with Gasteiger partial charge in [-0.05, 0) is 12.1 Å². The smallest absolute Gasteiger partial charge is 0.185 e. The number of rotatable bonds is 2. The summed E-state index contributed by atoms with van der Waals surface area (Å²) in [5, 5.41) is 8.82. The van der Waals surface area contributed by atoms with E-state index in [1.807, 2.05) is 0 Å². The van der Waals surface area contributed by atoms with Crippen molar-refractivity contribution in [2.24, 2.45) is 0 Å². The molecule has 1 aromatic rings. The first-order chi connectivity index (χ1) is 8.15. The SMILES string of the molecule is CC(=O)SCCC#Cc1cccc(F)c1C#N. The van der Waals surface area contributed by atoms with Crippen molar-refractivity contribution in [2.45, 2.75) is 13.3 Å². The number of benzene rings is 1. The minimum Gasteiger partial charge on any atom is -0.288 e. The molecule has 0 atom stereocenters. The number of nitriles is 1. The van der Waals surface area contributed by atoms with Crippen molar-refractivity contribution in [1.82, 2.24) is 0 Å². The van der Waals surface area contributed by atoms with Crippen LogP contribution in [0.5, 0.6) is 0 Å². The Labute approximate surface area is 104 Å². The number of carbonyl (C=O) groups excluding carboxylic acids is 1. The van der Waals surface area contributed by atoms with Crippen molar-refractivity contribution in [3.8, 4) is 17.9 Å². The largest absolute Gasteiger partial charge is 0.288 e. The lowest BCUT2D eigenvalue weighted by atomic mass is 10.1. The fourth-order valence-electron chi connectivity index (χ4n) is 1.15. The predicted octanol–water partition coefficient (Wildman–Crippen LogP) is 2.72. The van der Waals surface area contributed by atoms with Gasteiger partial charge < -0.3 is 0 Å². The van der Waals surface area contributed by atoms with Crippen LogP contribution in [0.25, 0.3) is 0 Å². The van der Waals surface area contributed by atoms with Gasteiger partial charge in [0, 0.05) is 24.7 Å². The summed E-state index contributed by atoms with van der Waals surface area (Å²) in [6.07, 6.45) is 0.533. The minimum absolute atomic E-state index is 0.0285. The first-order valence-electron chi connectivity index (χ1n) is 4.96. The number of hydrogen-bond donors (Lipinski definition) is 0. The minimum atomic E-state index is -0.558. The molecule has 0 fully saturated rings. The third-order valence-corrected chi connectivity index (χ3v) is 2.70. The highest BCUT2D eigenvalue weighted by Gasteiger charge is 2.04. The maximum Gasteiger partial charge on any atom is 0.185 e. The molecule has 0 saturated heterocycles. The number of hydrogen-bond acceptors (Lipinski definition) is 3. The molecule has 0 N–H and O–H groups in total. The molecule has 0 aliphatic carbocycles. The van der Waals surface area contributed by atoms with Gasteiger partial charge in [-0.3, -0.25) is 4.79 Å². The van der Waals surface area contributed by atoms with E-state index < -0.39 is 5.82 Å². The molecule has 2 nitrogen and oxygen atoms in total. The van der Waals surface area contributed by atoms with Gasteiger partial charge in [0.2, 0.25) is 0 Å². The highest BCUT2D eigenvalue weighted by Crippen LogP contribution is 2.11. The molecular formula is C13H10FNOS. The molecule has 0 aromatic heterocycles. The fraction of sp³-hybridized carbons (Fsp3) is 0.231. The quantitative estimate of drug-likeness (QED) is 0.596. The van der Waals surface area contributed by atoms with Crippen LogP contribution in [0.2, 0.25) is 0 Å². The second-order valence-corrected chi connectivity index (χ2v) is 4.44. The van der Waals surface area contributed by atoms with Gasteiger partial charge in [0.25, 0.3) is 0 Å². The Bertz CT molecular complexity index is 522. The zero-order valence-corrected chi connectivity index (χ0v) is 10.1. The summed E-state index contributed by atoms with van der Waals surface area (Å²) in [4.78, 5) is 10.6. The molecule has 4 heteroatoms. The lowest BCUT2D eigenvalue weighted by Gasteiger charge is -1.95. The third kappa shape index (κ3) is 4.30. The highest BCUT2D eigenvalue weighted by atomic mass is 32.2. The van der Waals surface area contributed by atoms with E-state index in [0.29, 0.717) is 17.7 Å². The summed E-state index contributed by atoms with van der Waals surface area (Å²) in [6.45, 7) is 1.50. The fourth-order valence-corrected chi connectivity index (χ4v) is 1.64. The molecule has 0 aliphatic rings. The van der Waals surface area contributed by atoms with Crippen LogP contribution in [-0.2, 0) is 4.79 Å². The first kappa shape index (κ1) is 13.3. The van der Waals surface area contributed by atoms with E-state index in [4.69, 9.17) is 5.26 Å². The maximum absolute atomic E-state index is 13.2. The lowest BCUT2D eigenvalue weighted by Crippen LogP contribution is -1.89. The summed E-state index contributed by atoms with van der Waals surface area (Å²) >= 11 is 1.20. The van der Waals surface area contributed by atoms with Crippen molar-refractivity contribution in [3.63, 3.8) is 0 Å². The molecule has 17 heavy (non-hydrogen) atoms. The predicted molar refractivity (Wildman–Crippen MR) is 65.7 cm³/mol. The topological polar surface area (TPSA) is 40.9 Å². The average molecular weight is 247 g/mol. The molecule has 0 aliphatic heterocycles. The Morgan fingerprint density at radius 2 is 2.29 bits per heavy atom. The summed E-state index contributed by atoms with van der Waals surface area (Å²) in [5.41, 5.74) is 0.361. The van der Waals surface area contributed by atoms with E-state index in [9.17, 15) is 9.18 Å². The first-order valence-corrected chi connectivity index (χ1v) is 5.94. The molecule has 0 bridgehead atoms. The van der Waals surface area contributed by atoms with E-state index in [2.05, 4.69) is 11.8 Å². The Kier molecular flexibility index (Phi) is 5.26. The van der Waals surface area contributed by atoms with Crippen LogP contribution in [-0.4, -0.2) is 10.9 Å². The van der Waals surface area contributed by atoms with Gasteiger partial charge in [-0.2, -0.15) is 5.26 Å². The molecule has 0 unspecified atom stereocenters. The Hall–Kier alpha value is -1.78. The van der Waals surface area contributed by atoms with E-state index in [1.165, 1.54) is 30.8 Å². The molecule has 0 spiro atoms. The molecular weight excluding hydrogens is 237 g/mol. The van der Waals surface area contributed by atoms with Crippen LogP contribution in [0.3, 0.4) is 0 Å². The van der Waals surface area contributed by atoms with Crippen molar-refractivity contribution in [3.05, 3.63) is 35.1 Å². The van der Waals surface area contributed by atoms with Gasteiger partial charge >= 0.3 is 0 Å². The van der Waals surface area contributed by atoms with Gasteiger partial charge in [0.05, 0.1) is 0 Å². The number of thioether (sulfide) groups is 1. The van der Waals surface area contributed by atoms with E-state index >= 15 is 0 Å². The number of carbonyl (C=O) groups is 1. The van der Waals surface area contributed by atoms with Crippen LogP contribution in [0.4, 0.5) is 4.39 Å². The van der Waals surface area contributed by atoms with Crippen LogP contribution in [0.15, 0.2) is 18.2 Å². The van der Waals surface area contributed by atoms with Gasteiger partial charge in [0.1, 0.15) is 17.4 Å². The van der Waals surface area contributed by atoms with E-state index in [1.54, 1.807) is 12.1 Å². The van der Waals surface area contributed by atoms with Crippen molar-refractivity contribution in [1.29, 1.82) is 5.26 Å². The Balaban J connectivity index is 2.70. The van der Waals surface area contributed by atoms with Crippen LogP contribution in [0, 0.1) is 29.0 Å². The zero-order chi connectivity index (χ0) is 12.7. The summed E-state index contributed by atoms with van der Waals surface area (Å²) in [5.74, 6) is 5.61. The van der Waals surface area contributed by atoms with Gasteiger partial charge in [-0.1, -0.05) is 29.7 Å². The monoisotopic (exact) mass is 247 g/mol. The second kappa shape index (κ2) is 6.73. The molecule has 1 rings (SSSR count). The van der Waals surface area contributed by atoms with Crippen LogP contribution >= 0.6 is 11.8 Å². The summed E-state index contributed by atoms with van der Waals surface area (Å²) < 4.78 is 13.2. The molecule has 0 amide bonds. The summed E-state index contributed by atoms with van der Waals surface area (Å²) in [6, 6.07) is 6.14. The average Bonchev–Trinajstić information content (AvgIpc) is 2.28. The molecule has 86 valence electrons. The van der Waals surface area contributed by atoms with E-state index in [0.717, 1.165) is 0 Å².